The lowest BCUT2D eigenvalue weighted by Gasteiger charge is -2.34. The van der Waals surface area contributed by atoms with Crippen molar-refractivity contribution in [3.05, 3.63) is 91.7 Å². The molecular weight excluding hydrogens is 364 g/mol. The van der Waals surface area contributed by atoms with Crippen molar-refractivity contribution >= 4 is 11.4 Å². The molecule has 9 nitrogen and oxygen atoms in total. The predicted molar refractivity (Wildman–Crippen MR) is 100 cm³/mol. The molecule has 0 spiro atoms. The molecule has 0 amide bonds. The number of nitrogens with one attached hydrogen (secondary N) is 1. The summed E-state index contributed by atoms with van der Waals surface area (Å²) in [5.74, 6) is -0.0132. The Morgan fingerprint density at radius 3 is 1.89 bits per heavy atom. The second-order valence-electron chi connectivity index (χ2n) is 6.69. The largest absolute Gasteiger partial charge is 0.330 e. The number of non-ortho nitro benzene ring substituents is 2. The minimum atomic E-state index is -0.447. The van der Waals surface area contributed by atoms with Gasteiger partial charge in [-0.05, 0) is 36.8 Å². The third kappa shape index (κ3) is 3.85. The van der Waals surface area contributed by atoms with E-state index in [1.165, 1.54) is 24.3 Å². The van der Waals surface area contributed by atoms with Gasteiger partial charge in [-0.1, -0.05) is 6.92 Å². The Kier molecular flexibility index (Phi) is 5.67. The van der Waals surface area contributed by atoms with Crippen LogP contribution in [0, 0.1) is 26.1 Å². The standard InChI is InChI=1S/C19H20N4O5/c1-2-16-18(21-24)11-17(12-3-7-14(8-4-12)22(25)26)20-19(16)13-5-9-15(10-6-13)23(27)28/h3-11,16-17,19-21,24H,2H2,1H3/p+1/t16-,17-,19+/m1/s1. The van der Waals surface area contributed by atoms with Crippen LogP contribution in [-0.4, -0.2) is 15.1 Å². The molecule has 0 fully saturated rings. The summed E-state index contributed by atoms with van der Waals surface area (Å²) < 4.78 is 0. The van der Waals surface area contributed by atoms with Gasteiger partial charge in [0, 0.05) is 41.1 Å². The summed E-state index contributed by atoms with van der Waals surface area (Å²) in [4.78, 5) is 20.9. The van der Waals surface area contributed by atoms with Crippen molar-refractivity contribution in [3.8, 4) is 0 Å². The van der Waals surface area contributed by atoms with Gasteiger partial charge in [0.1, 0.15) is 12.1 Å². The highest BCUT2D eigenvalue weighted by molar-refractivity contribution is 5.37. The fourth-order valence-electron chi connectivity index (χ4n) is 3.70. The van der Waals surface area contributed by atoms with Gasteiger partial charge >= 0.3 is 0 Å². The fourth-order valence-corrected chi connectivity index (χ4v) is 3.70. The SMILES string of the molecule is CC[C@@H]1C(NO)=C[C@H](c2ccc([N+](=O)[O-])cc2)[NH2+][C@H]1c1ccc([N+](=O)[O-])cc1. The van der Waals surface area contributed by atoms with E-state index in [2.05, 4.69) is 10.8 Å². The first-order valence-electron chi connectivity index (χ1n) is 8.90. The first kappa shape index (κ1) is 19.5. The Morgan fingerprint density at radius 2 is 1.46 bits per heavy atom. The maximum Gasteiger partial charge on any atom is 0.269 e. The van der Waals surface area contributed by atoms with Crippen LogP contribution in [-0.2, 0) is 0 Å². The molecule has 2 aromatic rings. The number of nitrogens with two attached hydrogens (primary N) is 1. The van der Waals surface area contributed by atoms with Gasteiger partial charge in [-0.2, -0.15) is 0 Å². The zero-order chi connectivity index (χ0) is 20.3. The minimum Gasteiger partial charge on any atom is -0.330 e. The maximum atomic E-state index is 10.9. The van der Waals surface area contributed by atoms with Gasteiger partial charge in [-0.3, -0.25) is 30.9 Å². The quantitative estimate of drug-likeness (QED) is 0.517. The topological polar surface area (TPSA) is 135 Å². The molecule has 0 unspecified atom stereocenters. The molecule has 1 heterocycles. The van der Waals surface area contributed by atoms with Crippen LogP contribution < -0.4 is 10.8 Å². The number of nitrogens with zero attached hydrogens (tertiary/aromatic N) is 2. The van der Waals surface area contributed by atoms with Crippen LogP contribution in [0.5, 0.6) is 0 Å². The zero-order valence-corrected chi connectivity index (χ0v) is 15.2. The normalized spacial score (nSPS) is 21.6. The van der Waals surface area contributed by atoms with Crippen LogP contribution in [0.25, 0.3) is 0 Å². The molecule has 3 atom stereocenters. The molecule has 4 N–H and O–H groups in total. The molecule has 0 saturated heterocycles. The highest BCUT2D eigenvalue weighted by Crippen LogP contribution is 2.33. The average molecular weight is 385 g/mol. The average Bonchev–Trinajstić information content (AvgIpc) is 2.72. The van der Waals surface area contributed by atoms with Crippen molar-refractivity contribution in [3.63, 3.8) is 0 Å². The van der Waals surface area contributed by atoms with Crippen LogP contribution in [0.2, 0.25) is 0 Å². The van der Waals surface area contributed by atoms with E-state index < -0.39 is 9.85 Å². The second kappa shape index (κ2) is 8.15. The van der Waals surface area contributed by atoms with Crippen LogP contribution in [0.15, 0.2) is 60.3 Å². The van der Waals surface area contributed by atoms with E-state index >= 15 is 0 Å². The molecule has 0 aliphatic carbocycles. The number of hydroxylamine groups is 1. The summed E-state index contributed by atoms with van der Waals surface area (Å²) in [6.07, 6.45) is 2.65. The van der Waals surface area contributed by atoms with E-state index in [-0.39, 0.29) is 29.4 Å². The lowest BCUT2D eigenvalue weighted by atomic mass is 9.83. The van der Waals surface area contributed by atoms with E-state index in [1.54, 1.807) is 24.3 Å². The number of rotatable bonds is 6. The Bertz CT molecular complexity index is 896. The number of hydrogen-bond donors (Lipinski definition) is 3. The lowest BCUT2D eigenvalue weighted by molar-refractivity contribution is -0.734. The highest BCUT2D eigenvalue weighted by Gasteiger charge is 2.36. The van der Waals surface area contributed by atoms with Crippen molar-refractivity contribution in [2.45, 2.75) is 25.4 Å². The monoisotopic (exact) mass is 385 g/mol. The van der Waals surface area contributed by atoms with Crippen molar-refractivity contribution in [1.82, 2.24) is 5.48 Å². The molecule has 0 aromatic heterocycles. The van der Waals surface area contributed by atoms with Crippen LogP contribution in [0.4, 0.5) is 11.4 Å². The third-order valence-corrected chi connectivity index (χ3v) is 5.15. The molecule has 1 aliphatic rings. The van der Waals surface area contributed by atoms with Gasteiger partial charge in [-0.25, -0.2) is 0 Å². The summed E-state index contributed by atoms with van der Waals surface area (Å²) in [7, 11) is 0. The van der Waals surface area contributed by atoms with Gasteiger partial charge in [-0.15, -0.1) is 0 Å². The second-order valence-corrected chi connectivity index (χ2v) is 6.69. The summed E-state index contributed by atoms with van der Waals surface area (Å²) in [6.45, 7) is 2.01. The van der Waals surface area contributed by atoms with Crippen molar-refractivity contribution in [2.75, 3.05) is 0 Å². The van der Waals surface area contributed by atoms with Gasteiger partial charge < -0.3 is 5.32 Å². The molecule has 0 bridgehead atoms. The molecule has 2 aromatic carbocycles. The molecule has 0 saturated carbocycles. The van der Waals surface area contributed by atoms with Crippen LogP contribution in [0.3, 0.4) is 0 Å². The molecule has 1 aliphatic heterocycles. The molecular formula is C19H21N4O5+. The molecule has 0 radical (unpaired) electrons. The smallest absolute Gasteiger partial charge is 0.269 e. The van der Waals surface area contributed by atoms with Crippen LogP contribution in [0.1, 0.15) is 36.6 Å². The van der Waals surface area contributed by atoms with E-state index in [0.717, 1.165) is 17.5 Å². The Hall–Kier alpha value is -3.30. The van der Waals surface area contributed by atoms with E-state index in [4.69, 9.17) is 0 Å². The summed E-state index contributed by atoms with van der Waals surface area (Å²) in [5, 5.41) is 33.5. The Labute approximate surface area is 161 Å². The molecule has 28 heavy (non-hydrogen) atoms. The fraction of sp³-hybridized carbons (Fsp3) is 0.263. The molecule has 146 valence electrons. The van der Waals surface area contributed by atoms with Crippen molar-refractivity contribution in [1.29, 1.82) is 0 Å². The lowest BCUT2D eigenvalue weighted by Crippen LogP contribution is -2.88. The highest BCUT2D eigenvalue weighted by atomic mass is 16.6. The van der Waals surface area contributed by atoms with Crippen molar-refractivity contribution < 1.29 is 20.4 Å². The third-order valence-electron chi connectivity index (χ3n) is 5.15. The number of quaternary nitrogens is 1. The summed E-state index contributed by atoms with van der Waals surface area (Å²) in [5.41, 5.74) is 4.76. The number of nitro benzene ring substituents is 2. The Morgan fingerprint density at radius 1 is 0.964 bits per heavy atom. The van der Waals surface area contributed by atoms with Gasteiger partial charge in [0.15, 0.2) is 0 Å². The van der Waals surface area contributed by atoms with Gasteiger partial charge in [0.05, 0.1) is 15.8 Å². The first-order valence-corrected chi connectivity index (χ1v) is 8.90. The molecule has 3 rings (SSSR count). The predicted octanol–water partition coefficient (Wildman–Crippen LogP) is 2.75. The maximum absolute atomic E-state index is 10.9. The van der Waals surface area contributed by atoms with Crippen LogP contribution >= 0.6 is 0 Å². The van der Waals surface area contributed by atoms with E-state index in [0.29, 0.717) is 5.70 Å². The van der Waals surface area contributed by atoms with Crippen molar-refractivity contribution in [2.24, 2.45) is 5.92 Å². The van der Waals surface area contributed by atoms with Gasteiger partial charge in [0.2, 0.25) is 0 Å². The zero-order valence-electron chi connectivity index (χ0n) is 15.2. The number of benzene rings is 2. The summed E-state index contributed by atoms with van der Waals surface area (Å²) >= 11 is 0. The van der Waals surface area contributed by atoms with E-state index in [1.807, 2.05) is 13.0 Å². The van der Waals surface area contributed by atoms with Gasteiger partial charge in [0.25, 0.3) is 11.4 Å². The number of nitro groups is 2. The van der Waals surface area contributed by atoms with E-state index in [9.17, 15) is 25.4 Å². The molecule has 9 heteroatoms. The number of hydrogen-bond acceptors (Lipinski definition) is 6. The summed E-state index contributed by atoms with van der Waals surface area (Å²) in [6, 6.07) is 12.5. The first-order chi connectivity index (χ1) is 13.4. The minimum absolute atomic E-state index is 0.0132. The Balaban J connectivity index is 1.95.